The van der Waals surface area contributed by atoms with E-state index in [9.17, 15) is 18.0 Å². The molecule has 0 amide bonds. The highest BCUT2D eigenvalue weighted by atomic mass is 32.2. The van der Waals surface area contributed by atoms with Crippen LogP contribution in [0.15, 0.2) is 32.7 Å². The van der Waals surface area contributed by atoms with E-state index in [2.05, 4.69) is 4.98 Å². The Morgan fingerprint density at radius 1 is 1.20 bits per heavy atom. The summed E-state index contributed by atoms with van der Waals surface area (Å²) in [6.45, 7) is 5.34. The van der Waals surface area contributed by atoms with E-state index in [1.165, 1.54) is 10.6 Å². The van der Waals surface area contributed by atoms with Crippen LogP contribution in [0, 0.1) is 0 Å². The van der Waals surface area contributed by atoms with Crippen LogP contribution in [0.2, 0.25) is 0 Å². The van der Waals surface area contributed by atoms with Crippen LogP contribution in [0.4, 0.5) is 0 Å². The molecule has 2 rings (SSSR count). The fourth-order valence-corrected chi connectivity index (χ4v) is 2.56. The molecule has 0 aliphatic rings. The molecule has 8 heteroatoms. The fourth-order valence-electron chi connectivity index (χ4n) is 2.05. The van der Waals surface area contributed by atoms with Crippen molar-refractivity contribution < 1.29 is 13.0 Å². The lowest BCUT2D eigenvalue weighted by molar-refractivity contribution is 0.391. The summed E-state index contributed by atoms with van der Waals surface area (Å²) in [5.74, 6) is 0. The largest absolute Gasteiger partial charge is 0.329 e. The lowest BCUT2D eigenvalue weighted by Gasteiger charge is -2.23. The van der Waals surface area contributed by atoms with Gasteiger partial charge in [0.15, 0.2) is 0 Å². The van der Waals surface area contributed by atoms with Crippen molar-refractivity contribution in [2.24, 2.45) is 0 Å². The topological polar surface area (TPSA) is 109 Å². The number of aromatic nitrogens is 2. The Kier molecular flexibility index (Phi) is 3.10. The molecule has 0 aliphatic heterocycles. The van der Waals surface area contributed by atoms with Gasteiger partial charge >= 0.3 is 5.69 Å². The molecular formula is C12H14N2O5S. The normalized spacial score (nSPS) is 12.8. The number of aromatic amines is 1. The highest BCUT2D eigenvalue weighted by Gasteiger charge is 2.20. The summed E-state index contributed by atoms with van der Waals surface area (Å²) in [5.41, 5.74) is -1.57. The van der Waals surface area contributed by atoms with Gasteiger partial charge in [0.2, 0.25) is 0 Å². The lowest BCUT2D eigenvalue weighted by Crippen LogP contribution is -2.39. The molecule has 1 aromatic carbocycles. The van der Waals surface area contributed by atoms with Crippen LogP contribution in [-0.4, -0.2) is 22.5 Å². The van der Waals surface area contributed by atoms with E-state index >= 15 is 0 Å². The number of hydrogen-bond donors (Lipinski definition) is 2. The second-order valence-corrected chi connectivity index (χ2v) is 6.84. The van der Waals surface area contributed by atoms with E-state index < -0.39 is 31.8 Å². The Balaban J connectivity index is 3.01. The van der Waals surface area contributed by atoms with Crippen LogP contribution in [-0.2, 0) is 15.7 Å². The molecule has 0 fully saturated rings. The van der Waals surface area contributed by atoms with Gasteiger partial charge in [-0.05, 0) is 39.0 Å². The number of nitrogens with one attached hydrogen (secondary N) is 1. The SMILES string of the molecule is CC(C)(C)n1c(=O)[nH]c(=O)c2cc(S(=O)(=O)O)ccc21. The quantitative estimate of drug-likeness (QED) is 0.753. The van der Waals surface area contributed by atoms with Crippen molar-refractivity contribution in [2.45, 2.75) is 31.2 Å². The smallest absolute Gasteiger partial charge is 0.288 e. The zero-order valence-electron chi connectivity index (χ0n) is 11.2. The number of benzene rings is 1. The van der Waals surface area contributed by atoms with Crippen LogP contribution in [0.25, 0.3) is 10.9 Å². The van der Waals surface area contributed by atoms with Crippen molar-refractivity contribution in [3.63, 3.8) is 0 Å². The third kappa shape index (κ3) is 2.39. The summed E-state index contributed by atoms with van der Waals surface area (Å²) in [4.78, 5) is 25.5. The average Bonchev–Trinajstić information content (AvgIpc) is 2.25. The summed E-state index contributed by atoms with van der Waals surface area (Å²) in [7, 11) is -4.41. The van der Waals surface area contributed by atoms with Gasteiger partial charge in [-0.25, -0.2) is 4.79 Å². The van der Waals surface area contributed by atoms with E-state index in [0.29, 0.717) is 5.52 Å². The molecule has 0 bridgehead atoms. The van der Waals surface area contributed by atoms with Gasteiger partial charge in [-0.2, -0.15) is 8.42 Å². The minimum absolute atomic E-state index is 0.0228. The van der Waals surface area contributed by atoms with Gasteiger partial charge in [-0.15, -0.1) is 0 Å². The number of hydrogen-bond acceptors (Lipinski definition) is 4. The standard InChI is InChI=1S/C12H14N2O5S/c1-12(2,3)14-9-5-4-7(20(17,18)19)6-8(9)10(15)13-11(14)16/h4-6H,1-3H3,(H,13,15,16)(H,17,18,19). The number of rotatable bonds is 1. The third-order valence-electron chi connectivity index (χ3n) is 2.85. The molecule has 0 saturated heterocycles. The number of nitrogens with zero attached hydrogens (tertiary/aromatic N) is 1. The minimum atomic E-state index is -4.41. The van der Waals surface area contributed by atoms with Crippen molar-refractivity contribution in [1.82, 2.24) is 9.55 Å². The second-order valence-electron chi connectivity index (χ2n) is 5.42. The highest BCUT2D eigenvalue weighted by Crippen LogP contribution is 2.20. The van der Waals surface area contributed by atoms with Crippen LogP contribution >= 0.6 is 0 Å². The third-order valence-corrected chi connectivity index (χ3v) is 3.70. The van der Waals surface area contributed by atoms with Gasteiger partial charge in [0.1, 0.15) is 0 Å². The van der Waals surface area contributed by atoms with Gasteiger partial charge in [0, 0.05) is 5.54 Å². The van der Waals surface area contributed by atoms with Crippen LogP contribution < -0.4 is 11.2 Å². The molecule has 0 spiro atoms. The first kappa shape index (κ1) is 14.5. The van der Waals surface area contributed by atoms with Crippen LogP contribution in [0.5, 0.6) is 0 Å². The predicted octanol–water partition coefficient (Wildman–Crippen LogP) is 0.692. The summed E-state index contributed by atoms with van der Waals surface area (Å²) in [5, 5.41) is 0.0228. The molecule has 0 atom stereocenters. The highest BCUT2D eigenvalue weighted by molar-refractivity contribution is 7.85. The lowest BCUT2D eigenvalue weighted by atomic mass is 10.1. The molecule has 2 N–H and O–H groups in total. The zero-order chi connectivity index (χ0) is 15.3. The Hall–Kier alpha value is -1.93. The first-order valence-corrected chi connectivity index (χ1v) is 7.23. The van der Waals surface area contributed by atoms with E-state index in [1.807, 2.05) is 0 Å². The first-order chi connectivity index (χ1) is 9.01. The fraction of sp³-hybridized carbons (Fsp3) is 0.333. The molecule has 2 aromatic rings. The molecule has 1 aromatic heterocycles. The molecule has 7 nitrogen and oxygen atoms in total. The molecule has 0 aliphatic carbocycles. The molecular weight excluding hydrogens is 284 g/mol. The maximum absolute atomic E-state index is 11.9. The summed E-state index contributed by atoms with van der Waals surface area (Å²) in [6, 6.07) is 3.53. The van der Waals surface area contributed by atoms with E-state index in [0.717, 1.165) is 12.1 Å². The Morgan fingerprint density at radius 2 is 1.80 bits per heavy atom. The van der Waals surface area contributed by atoms with Gasteiger partial charge in [-0.3, -0.25) is 18.9 Å². The molecule has 0 unspecified atom stereocenters. The second kappa shape index (κ2) is 4.29. The number of H-pyrrole nitrogens is 1. The molecule has 20 heavy (non-hydrogen) atoms. The van der Waals surface area contributed by atoms with Crippen molar-refractivity contribution in [2.75, 3.05) is 0 Å². The summed E-state index contributed by atoms with van der Waals surface area (Å²) >= 11 is 0. The molecule has 0 saturated carbocycles. The molecule has 108 valence electrons. The maximum atomic E-state index is 11.9. The summed E-state index contributed by atoms with van der Waals surface area (Å²) in [6.07, 6.45) is 0. The minimum Gasteiger partial charge on any atom is -0.288 e. The van der Waals surface area contributed by atoms with Crippen molar-refractivity contribution >= 4 is 21.0 Å². The summed E-state index contributed by atoms with van der Waals surface area (Å²) < 4.78 is 32.6. The van der Waals surface area contributed by atoms with E-state index in [1.54, 1.807) is 20.8 Å². The van der Waals surface area contributed by atoms with Crippen molar-refractivity contribution in [1.29, 1.82) is 0 Å². The first-order valence-electron chi connectivity index (χ1n) is 5.79. The average molecular weight is 298 g/mol. The van der Waals surface area contributed by atoms with Gasteiger partial charge in [0.25, 0.3) is 15.7 Å². The van der Waals surface area contributed by atoms with Crippen LogP contribution in [0.1, 0.15) is 20.8 Å². The van der Waals surface area contributed by atoms with Crippen molar-refractivity contribution in [3.8, 4) is 0 Å². The van der Waals surface area contributed by atoms with Crippen molar-refractivity contribution in [3.05, 3.63) is 39.0 Å². The van der Waals surface area contributed by atoms with Gasteiger partial charge in [-0.1, -0.05) is 0 Å². The Bertz CT molecular complexity index is 900. The predicted molar refractivity (Wildman–Crippen MR) is 73.6 cm³/mol. The van der Waals surface area contributed by atoms with E-state index in [4.69, 9.17) is 4.55 Å². The number of fused-ring (bicyclic) bond motifs is 1. The van der Waals surface area contributed by atoms with Gasteiger partial charge in [0.05, 0.1) is 15.8 Å². The Morgan fingerprint density at radius 3 is 2.30 bits per heavy atom. The maximum Gasteiger partial charge on any atom is 0.329 e. The van der Waals surface area contributed by atoms with Crippen LogP contribution in [0.3, 0.4) is 0 Å². The molecule has 1 heterocycles. The monoisotopic (exact) mass is 298 g/mol. The van der Waals surface area contributed by atoms with E-state index in [-0.39, 0.29) is 5.39 Å². The zero-order valence-corrected chi connectivity index (χ0v) is 12.0. The molecule has 0 radical (unpaired) electrons. The van der Waals surface area contributed by atoms with Gasteiger partial charge < -0.3 is 0 Å². The Labute approximate surface area is 114 Å².